The van der Waals surface area contributed by atoms with Crippen LogP contribution in [0.1, 0.15) is 33.6 Å². The molecule has 1 heterocycles. The zero-order chi connectivity index (χ0) is 16.0. The van der Waals surface area contributed by atoms with Crippen molar-refractivity contribution in [3.63, 3.8) is 0 Å². The summed E-state index contributed by atoms with van der Waals surface area (Å²) in [5, 5.41) is 0. The molecule has 122 valence electrons. The predicted molar refractivity (Wildman–Crippen MR) is 76.8 cm³/mol. The Bertz CT molecular complexity index is 367. The highest BCUT2D eigenvalue weighted by Crippen LogP contribution is 2.17. The first-order chi connectivity index (χ1) is 9.74. The van der Waals surface area contributed by atoms with Crippen molar-refractivity contribution >= 4 is 12.1 Å². The van der Waals surface area contributed by atoms with Crippen molar-refractivity contribution < 1.29 is 23.8 Å². The number of hydrogen-bond acceptors (Lipinski definition) is 6. The Labute approximate surface area is 125 Å². The van der Waals surface area contributed by atoms with Crippen molar-refractivity contribution in [2.45, 2.75) is 51.3 Å². The smallest absolute Gasteiger partial charge is 0.410 e. The standard InChI is InChI=1S/C14H26N2O5/c1-14(2,3)21-13(18)16-7-8-20-9-11(16)10(15)5-6-12(17)19-4/h10-11H,5-9,15H2,1-4H3. The summed E-state index contributed by atoms with van der Waals surface area (Å²) in [6.45, 7) is 6.69. The van der Waals surface area contributed by atoms with E-state index in [0.29, 0.717) is 26.2 Å². The molecule has 1 aliphatic rings. The van der Waals surface area contributed by atoms with Crippen LogP contribution in [0.15, 0.2) is 0 Å². The molecule has 0 aromatic rings. The summed E-state index contributed by atoms with van der Waals surface area (Å²) < 4.78 is 15.4. The van der Waals surface area contributed by atoms with E-state index in [1.807, 2.05) is 20.8 Å². The molecule has 7 heteroatoms. The molecule has 0 radical (unpaired) electrons. The monoisotopic (exact) mass is 302 g/mol. The van der Waals surface area contributed by atoms with Gasteiger partial charge in [-0.25, -0.2) is 4.79 Å². The van der Waals surface area contributed by atoms with Gasteiger partial charge in [0.1, 0.15) is 5.60 Å². The number of rotatable bonds is 4. The van der Waals surface area contributed by atoms with Crippen molar-refractivity contribution in [2.24, 2.45) is 5.73 Å². The molecule has 1 amide bonds. The lowest BCUT2D eigenvalue weighted by atomic mass is 10.0. The van der Waals surface area contributed by atoms with Crippen molar-refractivity contribution in [1.29, 1.82) is 0 Å². The van der Waals surface area contributed by atoms with Gasteiger partial charge in [-0.1, -0.05) is 0 Å². The first-order valence-electron chi connectivity index (χ1n) is 7.14. The van der Waals surface area contributed by atoms with Crippen LogP contribution in [0.3, 0.4) is 0 Å². The maximum atomic E-state index is 12.2. The number of nitrogens with two attached hydrogens (primary N) is 1. The summed E-state index contributed by atoms with van der Waals surface area (Å²) >= 11 is 0. The Morgan fingerprint density at radius 3 is 2.67 bits per heavy atom. The van der Waals surface area contributed by atoms with Gasteiger partial charge in [0.05, 0.1) is 26.4 Å². The number of amides is 1. The van der Waals surface area contributed by atoms with E-state index in [9.17, 15) is 9.59 Å². The SMILES string of the molecule is COC(=O)CCC(N)C1COCCN1C(=O)OC(C)(C)C. The molecular formula is C14H26N2O5. The minimum Gasteiger partial charge on any atom is -0.469 e. The van der Waals surface area contributed by atoms with Gasteiger partial charge in [0.25, 0.3) is 0 Å². The lowest BCUT2D eigenvalue weighted by Gasteiger charge is -2.39. The van der Waals surface area contributed by atoms with Crippen LogP contribution in [-0.4, -0.2) is 61.5 Å². The van der Waals surface area contributed by atoms with Crippen LogP contribution in [0.25, 0.3) is 0 Å². The van der Waals surface area contributed by atoms with E-state index in [4.69, 9.17) is 15.2 Å². The highest BCUT2D eigenvalue weighted by molar-refractivity contribution is 5.70. The number of hydrogen-bond donors (Lipinski definition) is 1. The fraction of sp³-hybridized carbons (Fsp3) is 0.857. The summed E-state index contributed by atoms with van der Waals surface area (Å²) in [5.41, 5.74) is 5.55. The fourth-order valence-corrected chi connectivity index (χ4v) is 2.10. The van der Waals surface area contributed by atoms with Crippen LogP contribution < -0.4 is 5.73 Å². The van der Waals surface area contributed by atoms with E-state index in [-0.39, 0.29) is 24.5 Å². The Morgan fingerprint density at radius 1 is 1.43 bits per heavy atom. The lowest BCUT2D eigenvalue weighted by Crippen LogP contribution is -2.57. The van der Waals surface area contributed by atoms with Gasteiger partial charge in [-0.05, 0) is 27.2 Å². The Morgan fingerprint density at radius 2 is 2.10 bits per heavy atom. The predicted octanol–water partition coefficient (Wildman–Crippen LogP) is 0.903. The maximum Gasteiger partial charge on any atom is 0.410 e. The van der Waals surface area contributed by atoms with E-state index in [1.54, 1.807) is 4.90 Å². The van der Waals surface area contributed by atoms with E-state index >= 15 is 0 Å². The second-order valence-corrected chi connectivity index (χ2v) is 6.09. The van der Waals surface area contributed by atoms with Crippen LogP contribution >= 0.6 is 0 Å². The second kappa shape index (κ2) is 7.61. The quantitative estimate of drug-likeness (QED) is 0.776. The third kappa shape index (κ3) is 5.89. The molecule has 1 rings (SSSR count). The average molecular weight is 302 g/mol. The first-order valence-corrected chi connectivity index (χ1v) is 7.14. The molecule has 0 spiro atoms. The first kappa shape index (κ1) is 17.7. The minimum atomic E-state index is -0.559. The molecule has 1 saturated heterocycles. The van der Waals surface area contributed by atoms with Gasteiger partial charge in [0, 0.05) is 19.0 Å². The van der Waals surface area contributed by atoms with Crippen LogP contribution in [0.4, 0.5) is 4.79 Å². The van der Waals surface area contributed by atoms with Gasteiger partial charge in [0.15, 0.2) is 0 Å². The number of ether oxygens (including phenoxy) is 3. The molecule has 7 nitrogen and oxygen atoms in total. The highest BCUT2D eigenvalue weighted by atomic mass is 16.6. The molecular weight excluding hydrogens is 276 g/mol. The largest absolute Gasteiger partial charge is 0.469 e. The Hall–Kier alpha value is -1.34. The average Bonchev–Trinajstić information content (AvgIpc) is 2.42. The molecule has 1 fully saturated rings. The third-order valence-electron chi connectivity index (χ3n) is 3.20. The summed E-state index contributed by atoms with van der Waals surface area (Å²) in [7, 11) is 1.34. The molecule has 2 atom stereocenters. The molecule has 0 bridgehead atoms. The highest BCUT2D eigenvalue weighted by Gasteiger charge is 2.34. The van der Waals surface area contributed by atoms with E-state index < -0.39 is 11.7 Å². The van der Waals surface area contributed by atoms with Crippen LogP contribution in [0.2, 0.25) is 0 Å². The molecule has 0 aliphatic carbocycles. The van der Waals surface area contributed by atoms with Crippen LogP contribution in [0, 0.1) is 0 Å². The molecule has 1 aliphatic heterocycles. The minimum absolute atomic E-state index is 0.219. The third-order valence-corrected chi connectivity index (χ3v) is 3.20. The van der Waals surface area contributed by atoms with Gasteiger partial charge >= 0.3 is 12.1 Å². The normalized spacial score (nSPS) is 20.8. The van der Waals surface area contributed by atoms with Gasteiger partial charge in [-0.15, -0.1) is 0 Å². The fourth-order valence-electron chi connectivity index (χ4n) is 2.10. The van der Waals surface area contributed by atoms with Crippen molar-refractivity contribution in [3.8, 4) is 0 Å². The molecule has 0 aromatic carbocycles. The number of carbonyl (C=O) groups is 2. The van der Waals surface area contributed by atoms with Crippen molar-refractivity contribution in [3.05, 3.63) is 0 Å². The Kier molecular flexibility index (Phi) is 6.42. The number of morpholine rings is 1. The summed E-state index contributed by atoms with van der Waals surface area (Å²) in [5.74, 6) is -0.314. The number of esters is 1. The molecule has 2 N–H and O–H groups in total. The lowest BCUT2D eigenvalue weighted by molar-refractivity contribution is -0.140. The summed E-state index contributed by atoms with van der Waals surface area (Å²) in [6, 6.07) is -0.657. The Balaban J connectivity index is 2.63. The van der Waals surface area contributed by atoms with Crippen molar-refractivity contribution in [2.75, 3.05) is 26.9 Å². The van der Waals surface area contributed by atoms with Gasteiger partial charge in [-0.2, -0.15) is 0 Å². The van der Waals surface area contributed by atoms with E-state index in [1.165, 1.54) is 7.11 Å². The zero-order valence-corrected chi connectivity index (χ0v) is 13.3. The van der Waals surface area contributed by atoms with Gasteiger partial charge in [-0.3, -0.25) is 9.69 Å². The van der Waals surface area contributed by atoms with E-state index in [0.717, 1.165) is 0 Å². The van der Waals surface area contributed by atoms with Crippen molar-refractivity contribution in [1.82, 2.24) is 4.90 Å². The van der Waals surface area contributed by atoms with Gasteiger partial charge in [0.2, 0.25) is 0 Å². The van der Waals surface area contributed by atoms with E-state index in [2.05, 4.69) is 4.74 Å². The molecule has 0 aromatic heterocycles. The number of nitrogens with zero attached hydrogens (tertiary/aromatic N) is 1. The molecule has 2 unspecified atom stereocenters. The van der Waals surface area contributed by atoms with Crippen LogP contribution in [0.5, 0.6) is 0 Å². The van der Waals surface area contributed by atoms with Gasteiger partial charge < -0.3 is 19.9 Å². The second-order valence-electron chi connectivity index (χ2n) is 6.09. The summed E-state index contributed by atoms with van der Waals surface area (Å²) in [6.07, 6.45) is 0.250. The molecule has 21 heavy (non-hydrogen) atoms. The molecule has 0 saturated carbocycles. The zero-order valence-electron chi connectivity index (χ0n) is 13.3. The maximum absolute atomic E-state index is 12.2. The topological polar surface area (TPSA) is 91.1 Å². The number of carbonyl (C=O) groups excluding carboxylic acids is 2. The van der Waals surface area contributed by atoms with Crippen LogP contribution in [-0.2, 0) is 19.0 Å². The number of methoxy groups -OCH3 is 1. The summed E-state index contributed by atoms with van der Waals surface area (Å²) in [4.78, 5) is 25.0.